The molecule has 1 aromatic heterocycles. The number of nitrogens with one attached hydrogen (secondary N) is 1. The maximum atomic E-state index is 13.4. The standard InChI is InChI=1S/C14H12FN3O3/c1-9-10(3-2-4-13(9)18(20)21)7-14(19)17-12-5-6-16-8-11(12)15/h2-6,8H,7H2,1H3,(H,16,17,19). The first kappa shape index (κ1) is 14.6. The average molecular weight is 289 g/mol. The van der Waals surface area contributed by atoms with E-state index in [4.69, 9.17) is 0 Å². The number of hydrogen-bond acceptors (Lipinski definition) is 4. The number of amides is 1. The average Bonchev–Trinajstić information content (AvgIpc) is 2.43. The molecule has 1 N–H and O–H groups in total. The first-order valence-corrected chi connectivity index (χ1v) is 6.11. The fourth-order valence-electron chi connectivity index (χ4n) is 1.90. The van der Waals surface area contributed by atoms with E-state index in [0.29, 0.717) is 11.1 Å². The van der Waals surface area contributed by atoms with Crippen molar-refractivity contribution in [2.75, 3.05) is 5.32 Å². The van der Waals surface area contributed by atoms with Crippen LogP contribution < -0.4 is 5.32 Å². The number of nitro benzene ring substituents is 1. The van der Waals surface area contributed by atoms with Crippen LogP contribution in [0.2, 0.25) is 0 Å². The lowest BCUT2D eigenvalue weighted by molar-refractivity contribution is -0.385. The Kier molecular flexibility index (Phi) is 4.22. The summed E-state index contributed by atoms with van der Waals surface area (Å²) >= 11 is 0. The quantitative estimate of drug-likeness (QED) is 0.692. The molecule has 0 atom stereocenters. The van der Waals surface area contributed by atoms with Gasteiger partial charge >= 0.3 is 0 Å². The molecule has 6 nitrogen and oxygen atoms in total. The number of nitrogens with zero attached hydrogens (tertiary/aromatic N) is 2. The van der Waals surface area contributed by atoms with Crippen molar-refractivity contribution in [3.63, 3.8) is 0 Å². The van der Waals surface area contributed by atoms with Crippen LogP contribution in [-0.2, 0) is 11.2 Å². The van der Waals surface area contributed by atoms with Crippen molar-refractivity contribution in [1.82, 2.24) is 4.98 Å². The summed E-state index contributed by atoms with van der Waals surface area (Å²) in [4.78, 5) is 25.8. The van der Waals surface area contributed by atoms with E-state index < -0.39 is 16.6 Å². The molecule has 0 aliphatic heterocycles. The number of pyridine rings is 1. The summed E-state index contributed by atoms with van der Waals surface area (Å²) in [5, 5.41) is 13.3. The van der Waals surface area contributed by atoms with E-state index in [-0.39, 0.29) is 17.8 Å². The zero-order valence-electron chi connectivity index (χ0n) is 11.2. The molecule has 21 heavy (non-hydrogen) atoms. The molecule has 7 heteroatoms. The van der Waals surface area contributed by atoms with Gasteiger partial charge in [0, 0.05) is 17.8 Å². The minimum absolute atomic E-state index is 0.0260. The highest BCUT2D eigenvalue weighted by molar-refractivity contribution is 5.92. The van der Waals surface area contributed by atoms with E-state index >= 15 is 0 Å². The zero-order valence-corrected chi connectivity index (χ0v) is 11.2. The summed E-state index contributed by atoms with van der Waals surface area (Å²) in [6.07, 6.45) is 2.28. The van der Waals surface area contributed by atoms with Crippen LogP contribution in [0.15, 0.2) is 36.7 Å². The number of nitro groups is 1. The lowest BCUT2D eigenvalue weighted by atomic mass is 10.0. The minimum atomic E-state index is -0.637. The molecule has 0 unspecified atom stereocenters. The van der Waals surface area contributed by atoms with Gasteiger partial charge in [-0.15, -0.1) is 0 Å². The first-order chi connectivity index (χ1) is 9.99. The van der Waals surface area contributed by atoms with Crippen molar-refractivity contribution in [2.24, 2.45) is 0 Å². The van der Waals surface area contributed by atoms with E-state index in [9.17, 15) is 19.3 Å². The molecule has 0 spiro atoms. The number of benzene rings is 1. The van der Waals surface area contributed by atoms with Crippen LogP contribution in [0, 0.1) is 22.9 Å². The van der Waals surface area contributed by atoms with Gasteiger partial charge in [-0.2, -0.15) is 0 Å². The minimum Gasteiger partial charge on any atom is -0.323 e. The van der Waals surface area contributed by atoms with Crippen LogP contribution in [0.25, 0.3) is 0 Å². The Hall–Kier alpha value is -2.83. The summed E-state index contributed by atoms with van der Waals surface area (Å²) < 4.78 is 13.4. The van der Waals surface area contributed by atoms with Gasteiger partial charge in [-0.1, -0.05) is 12.1 Å². The highest BCUT2D eigenvalue weighted by Gasteiger charge is 2.15. The first-order valence-electron chi connectivity index (χ1n) is 6.11. The molecule has 0 saturated carbocycles. The second-order valence-electron chi connectivity index (χ2n) is 4.40. The fourth-order valence-corrected chi connectivity index (χ4v) is 1.90. The SMILES string of the molecule is Cc1c(CC(=O)Nc2ccncc2F)cccc1[N+](=O)[O-]. The van der Waals surface area contributed by atoms with E-state index in [1.54, 1.807) is 13.0 Å². The molecular weight excluding hydrogens is 277 g/mol. The van der Waals surface area contributed by atoms with Crippen LogP contribution in [0.1, 0.15) is 11.1 Å². The van der Waals surface area contributed by atoms with Crippen molar-refractivity contribution in [3.05, 3.63) is 63.7 Å². The van der Waals surface area contributed by atoms with Gasteiger partial charge in [0.15, 0.2) is 5.82 Å². The Bertz CT molecular complexity index is 704. The van der Waals surface area contributed by atoms with E-state index in [1.165, 1.54) is 24.4 Å². The molecule has 0 aliphatic rings. The molecule has 1 aromatic carbocycles. The maximum Gasteiger partial charge on any atom is 0.272 e. The van der Waals surface area contributed by atoms with Gasteiger partial charge in [0.2, 0.25) is 5.91 Å². The van der Waals surface area contributed by atoms with E-state index in [0.717, 1.165) is 6.20 Å². The third kappa shape index (κ3) is 3.38. The molecule has 0 aliphatic carbocycles. The number of carbonyl (C=O) groups is 1. The number of carbonyl (C=O) groups excluding carboxylic acids is 1. The molecule has 2 rings (SSSR count). The number of hydrogen-bond donors (Lipinski definition) is 1. The largest absolute Gasteiger partial charge is 0.323 e. The van der Waals surface area contributed by atoms with Gasteiger partial charge < -0.3 is 5.32 Å². The van der Waals surface area contributed by atoms with Gasteiger partial charge in [-0.25, -0.2) is 4.39 Å². The predicted molar refractivity (Wildman–Crippen MR) is 74.4 cm³/mol. The van der Waals surface area contributed by atoms with Crippen LogP contribution >= 0.6 is 0 Å². The molecule has 108 valence electrons. The normalized spacial score (nSPS) is 10.2. The molecule has 1 heterocycles. The van der Waals surface area contributed by atoms with Crippen LogP contribution in [-0.4, -0.2) is 15.8 Å². The molecule has 0 bridgehead atoms. The highest BCUT2D eigenvalue weighted by Crippen LogP contribution is 2.22. The summed E-state index contributed by atoms with van der Waals surface area (Å²) in [5.74, 6) is -1.09. The van der Waals surface area contributed by atoms with Crippen LogP contribution in [0.4, 0.5) is 15.8 Å². The monoisotopic (exact) mass is 289 g/mol. The van der Waals surface area contributed by atoms with Crippen molar-refractivity contribution < 1.29 is 14.1 Å². The second-order valence-corrected chi connectivity index (χ2v) is 4.40. The smallest absolute Gasteiger partial charge is 0.272 e. The van der Waals surface area contributed by atoms with Crippen LogP contribution in [0.5, 0.6) is 0 Å². The fraction of sp³-hybridized carbons (Fsp3) is 0.143. The Morgan fingerprint density at radius 3 is 2.86 bits per heavy atom. The second kappa shape index (κ2) is 6.08. The number of aromatic nitrogens is 1. The molecule has 0 saturated heterocycles. The lowest BCUT2D eigenvalue weighted by Gasteiger charge is -2.08. The third-order valence-electron chi connectivity index (χ3n) is 3.01. The Balaban J connectivity index is 2.15. The lowest BCUT2D eigenvalue weighted by Crippen LogP contribution is -2.16. The topological polar surface area (TPSA) is 85.1 Å². The maximum absolute atomic E-state index is 13.4. The number of halogens is 1. The molecule has 1 amide bonds. The summed E-state index contributed by atoms with van der Waals surface area (Å²) in [6, 6.07) is 5.86. The number of anilines is 1. The van der Waals surface area contributed by atoms with Gasteiger partial charge in [0.1, 0.15) is 0 Å². The van der Waals surface area contributed by atoms with Crippen molar-refractivity contribution in [3.8, 4) is 0 Å². The van der Waals surface area contributed by atoms with Gasteiger partial charge in [-0.05, 0) is 18.6 Å². The molecule has 0 fully saturated rings. The van der Waals surface area contributed by atoms with Gasteiger partial charge in [0.05, 0.1) is 23.2 Å². The Morgan fingerprint density at radius 2 is 2.19 bits per heavy atom. The molecular formula is C14H12FN3O3. The number of rotatable bonds is 4. The molecule has 2 aromatic rings. The van der Waals surface area contributed by atoms with Crippen molar-refractivity contribution >= 4 is 17.3 Å². The Labute approximate surface area is 119 Å². The highest BCUT2D eigenvalue weighted by atomic mass is 19.1. The summed E-state index contributed by atoms with van der Waals surface area (Å²) in [6.45, 7) is 1.58. The van der Waals surface area contributed by atoms with Crippen LogP contribution in [0.3, 0.4) is 0 Å². The summed E-state index contributed by atoms with van der Waals surface area (Å²) in [7, 11) is 0. The van der Waals surface area contributed by atoms with E-state index in [2.05, 4.69) is 10.3 Å². The molecule has 0 radical (unpaired) electrons. The van der Waals surface area contributed by atoms with E-state index in [1.807, 2.05) is 0 Å². The zero-order chi connectivity index (χ0) is 15.4. The van der Waals surface area contributed by atoms with Gasteiger partial charge in [-0.3, -0.25) is 19.9 Å². The van der Waals surface area contributed by atoms with Crippen molar-refractivity contribution in [2.45, 2.75) is 13.3 Å². The predicted octanol–water partition coefficient (Wildman–Crippen LogP) is 2.62. The van der Waals surface area contributed by atoms with Gasteiger partial charge in [0.25, 0.3) is 5.69 Å². The van der Waals surface area contributed by atoms with Crippen molar-refractivity contribution in [1.29, 1.82) is 0 Å². The summed E-state index contributed by atoms with van der Waals surface area (Å²) in [5.41, 5.74) is 0.928. The third-order valence-corrected chi connectivity index (χ3v) is 3.01. The Morgan fingerprint density at radius 1 is 1.43 bits per heavy atom.